The standard InChI is InChI=1S/C14H17BrN4O/c1-2-19-10-17-18-13(19)7-8-16-14(20)9-11-5-3-4-6-12(11)15/h3-6,10H,2,7-9H2,1H3,(H,16,20). The lowest BCUT2D eigenvalue weighted by atomic mass is 10.1. The van der Waals surface area contributed by atoms with Gasteiger partial charge >= 0.3 is 0 Å². The first-order valence-electron chi connectivity index (χ1n) is 6.57. The number of nitrogens with one attached hydrogen (secondary N) is 1. The predicted molar refractivity (Wildman–Crippen MR) is 80.3 cm³/mol. The minimum atomic E-state index is 0.0134. The Hall–Kier alpha value is -1.69. The van der Waals surface area contributed by atoms with Gasteiger partial charge in [0.15, 0.2) is 0 Å². The zero-order valence-electron chi connectivity index (χ0n) is 11.3. The molecule has 1 amide bonds. The molecule has 5 nitrogen and oxygen atoms in total. The normalized spacial score (nSPS) is 10.5. The van der Waals surface area contributed by atoms with Gasteiger partial charge in [0, 0.05) is 24.0 Å². The fourth-order valence-electron chi connectivity index (χ4n) is 1.93. The van der Waals surface area contributed by atoms with Crippen LogP contribution in [0, 0.1) is 0 Å². The van der Waals surface area contributed by atoms with Crippen LogP contribution < -0.4 is 5.32 Å². The third-order valence-electron chi connectivity index (χ3n) is 3.02. The van der Waals surface area contributed by atoms with Gasteiger partial charge in [0.2, 0.25) is 5.91 Å². The first-order chi connectivity index (χ1) is 9.70. The number of amides is 1. The number of rotatable bonds is 6. The molecule has 0 radical (unpaired) electrons. The van der Waals surface area contributed by atoms with Gasteiger partial charge in [-0.2, -0.15) is 0 Å². The Labute approximate surface area is 126 Å². The maximum atomic E-state index is 11.9. The fraction of sp³-hybridized carbons (Fsp3) is 0.357. The highest BCUT2D eigenvalue weighted by Gasteiger charge is 2.07. The smallest absolute Gasteiger partial charge is 0.224 e. The second-order valence-electron chi connectivity index (χ2n) is 4.40. The van der Waals surface area contributed by atoms with Crippen LogP contribution in [-0.4, -0.2) is 27.2 Å². The quantitative estimate of drug-likeness (QED) is 0.877. The Morgan fingerprint density at radius 3 is 2.95 bits per heavy atom. The van der Waals surface area contributed by atoms with Crippen molar-refractivity contribution in [2.45, 2.75) is 26.3 Å². The van der Waals surface area contributed by atoms with Gasteiger partial charge in [-0.15, -0.1) is 10.2 Å². The number of benzene rings is 1. The summed E-state index contributed by atoms with van der Waals surface area (Å²) in [6.45, 7) is 3.45. The summed E-state index contributed by atoms with van der Waals surface area (Å²) >= 11 is 3.44. The molecule has 0 aliphatic carbocycles. The van der Waals surface area contributed by atoms with Crippen LogP contribution in [0.25, 0.3) is 0 Å². The van der Waals surface area contributed by atoms with Gasteiger partial charge in [0.05, 0.1) is 6.42 Å². The van der Waals surface area contributed by atoms with Crippen molar-refractivity contribution in [3.8, 4) is 0 Å². The molecule has 6 heteroatoms. The van der Waals surface area contributed by atoms with Crippen molar-refractivity contribution in [1.29, 1.82) is 0 Å². The second-order valence-corrected chi connectivity index (χ2v) is 5.26. The maximum absolute atomic E-state index is 11.9. The largest absolute Gasteiger partial charge is 0.355 e. The molecule has 1 aromatic carbocycles. The van der Waals surface area contributed by atoms with E-state index in [0.29, 0.717) is 19.4 Å². The molecule has 0 aliphatic rings. The summed E-state index contributed by atoms with van der Waals surface area (Å²) in [5.74, 6) is 0.910. The van der Waals surface area contributed by atoms with Gasteiger partial charge in [-0.05, 0) is 18.6 Å². The van der Waals surface area contributed by atoms with Crippen LogP contribution >= 0.6 is 15.9 Å². The molecule has 0 aliphatic heterocycles. The van der Waals surface area contributed by atoms with Crippen LogP contribution in [0.5, 0.6) is 0 Å². The summed E-state index contributed by atoms with van der Waals surface area (Å²) in [4.78, 5) is 11.9. The van der Waals surface area contributed by atoms with Gasteiger partial charge < -0.3 is 9.88 Å². The minimum Gasteiger partial charge on any atom is -0.355 e. The zero-order chi connectivity index (χ0) is 14.4. The van der Waals surface area contributed by atoms with Crippen molar-refractivity contribution in [3.05, 3.63) is 46.5 Å². The number of hydrogen-bond donors (Lipinski definition) is 1. The Balaban J connectivity index is 1.80. The number of aromatic nitrogens is 3. The van der Waals surface area contributed by atoms with E-state index in [4.69, 9.17) is 0 Å². The summed E-state index contributed by atoms with van der Waals surface area (Å²) in [6, 6.07) is 7.74. The monoisotopic (exact) mass is 336 g/mol. The van der Waals surface area contributed by atoms with E-state index in [0.717, 1.165) is 22.4 Å². The van der Waals surface area contributed by atoms with Crippen LogP contribution in [0.15, 0.2) is 35.1 Å². The molecule has 106 valence electrons. The van der Waals surface area contributed by atoms with Crippen molar-refractivity contribution in [2.24, 2.45) is 0 Å². The summed E-state index contributed by atoms with van der Waals surface area (Å²) < 4.78 is 2.93. The summed E-state index contributed by atoms with van der Waals surface area (Å²) in [7, 11) is 0. The van der Waals surface area contributed by atoms with E-state index < -0.39 is 0 Å². The van der Waals surface area contributed by atoms with Crippen LogP contribution in [0.4, 0.5) is 0 Å². The summed E-state index contributed by atoms with van der Waals surface area (Å²) in [6.07, 6.45) is 2.77. The molecule has 0 fully saturated rings. The van der Waals surface area contributed by atoms with Crippen molar-refractivity contribution in [1.82, 2.24) is 20.1 Å². The SMILES string of the molecule is CCn1cnnc1CCNC(=O)Cc1ccccc1Br. The van der Waals surface area contributed by atoms with Gasteiger partial charge in [0.1, 0.15) is 12.2 Å². The van der Waals surface area contributed by atoms with Crippen molar-refractivity contribution in [3.63, 3.8) is 0 Å². The molecule has 0 saturated heterocycles. The lowest BCUT2D eigenvalue weighted by Gasteiger charge is -2.07. The molecular weight excluding hydrogens is 320 g/mol. The molecule has 2 rings (SSSR count). The molecule has 20 heavy (non-hydrogen) atoms. The Kier molecular flexibility index (Phi) is 5.29. The number of nitrogens with zero attached hydrogens (tertiary/aromatic N) is 3. The maximum Gasteiger partial charge on any atom is 0.224 e. The van der Waals surface area contributed by atoms with E-state index in [2.05, 4.69) is 31.4 Å². The van der Waals surface area contributed by atoms with Crippen molar-refractivity contribution in [2.75, 3.05) is 6.54 Å². The number of carbonyl (C=O) groups excluding carboxylic acids is 1. The first-order valence-corrected chi connectivity index (χ1v) is 7.36. The van der Waals surface area contributed by atoms with E-state index in [-0.39, 0.29) is 5.91 Å². The molecule has 2 aromatic rings. The number of hydrogen-bond acceptors (Lipinski definition) is 3. The number of halogens is 1. The predicted octanol–water partition coefficient (Wildman–Crippen LogP) is 1.96. The third-order valence-corrected chi connectivity index (χ3v) is 3.79. The fourth-order valence-corrected chi connectivity index (χ4v) is 2.35. The topological polar surface area (TPSA) is 59.8 Å². The molecule has 1 N–H and O–H groups in total. The molecule has 0 spiro atoms. The lowest BCUT2D eigenvalue weighted by molar-refractivity contribution is -0.120. The molecule has 0 atom stereocenters. The van der Waals surface area contributed by atoms with Crippen molar-refractivity contribution < 1.29 is 4.79 Å². The average Bonchev–Trinajstić information content (AvgIpc) is 2.89. The Morgan fingerprint density at radius 2 is 2.20 bits per heavy atom. The molecular formula is C14H17BrN4O. The highest BCUT2D eigenvalue weighted by Crippen LogP contribution is 2.16. The zero-order valence-corrected chi connectivity index (χ0v) is 12.9. The van der Waals surface area contributed by atoms with E-state index in [1.54, 1.807) is 6.33 Å². The number of carbonyl (C=O) groups is 1. The lowest BCUT2D eigenvalue weighted by Crippen LogP contribution is -2.28. The van der Waals surface area contributed by atoms with Crippen molar-refractivity contribution >= 4 is 21.8 Å². The summed E-state index contributed by atoms with van der Waals surface area (Å²) in [5.41, 5.74) is 0.988. The van der Waals surface area contributed by atoms with Crippen LogP contribution in [0.2, 0.25) is 0 Å². The van der Waals surface area contributed by atoms with E-state index in [1.807, 2.05) is 35.8 Å². The molecule has 1 heterocycles. The highest BCUT2D eigenvalue weighted by atomic mass is 79.9. The summed E-state index contributed by atoms with van der Waals surface area (Å²) in [5, 5.41) is 10.8. The van der Waals surface area contributed by atoms with E-state index in [9.17, 15) is 4.79 Å². The Bertz CT molecular complexity index is 582. The minimum absolute atomic E-state index is 0.0134. The van der Waals surface area contributed by atoms with Crippen LogP contribution in [0.1, 0.15) is 18.3 Å². The third kappa shape index (κ3) is 3.90. The van der Waals surface area contributed by atoms with Gasteiger partial charge in [-0.3, -0.25) is 4.79 Å². The highest BCUT2D eigenvalue weighted by molar-refractivity contribution is 9.10. The Morgan fingerprint density at radius 1 is 1.40 bits per heavy atom. The average molecular weight is 337 g/mol. The molecule has 0 bridgehead atoms. The second kappa shape index (κ2) is 7.19. The molecule has 0 saturated carbocycles. The first kappa shape index (κ1) is 14.7. The van der Waals surface area contributed by atoms with E-state index in [1.165, 1.54) is 0 Å². The van der Waals surface area contributed by atoms with Crippen LogP contribution in [-0.2, 0) is 24.2 Å². The van der Waals surface area contributed by atoms with Gasteiger partial charge in [-0.25, -0.2) is 0 Å². The number of aryl methyl sites for hydroxylation is 1. The molecule has 0 unspecified atom stereocenters. The van der Waals surface area contributed by atoms with Gasteiger partial charge in [0.25, 0.3) is 0 Å². The molecule has 1 aromatic heterocycles. The van der Waals surface area contributed by atoms with Gasteiger partial charge in [-0.1, -0.05) is 34.1 Å². The van der Waals surface area contributed by atoms with Crippen LogP contribution in [0.3, 0.4) is 0 Å². The van der Waals surface area contributed by atoms with E-state index >= 15 is 0 Å².